The number of rotatable bonds is 5. The number of benzene rings is 2. The molecule has 0 amide bonds. The van der Waals surface area contributed by atoms with Crippen LogP contribution in [0.4, 0.5) is 5.69 Å². The van der Waals surface area contributed by atoms with Gasteiger partial charge in [0.05, 0.1) is 11.4 Å². The summed E-state index contributed by atoms with van der Waals surface area (Å²) in [6.45, 7) is 4.43. The number of aromatic amines is 1. The van der Waals surface area contributed by atoms with Gasteiger partial charge in [0, 0.05) is 50.6 Å². The lowest BCUT2D eigenvalue weighted by molar-refractivity contribution is 0.313. The summed E-state index contributed by atoms with van der Waals surface area (Å²) in [6.07, 6.45) is 10.4. The molecule has 1 aliphatic rings. The Morgan fingerprint density at radius 2 is 1.53 bits per heavy atom. The van der Waals surface area contributed by atoms with Crippen molar-refractivity contribution in [2.45, 2.75) is 0 Å². The van der Waals surface area contributed by atoms with Crippen LogP contribution in [0.3, 0.4) is 0 Å². The molecule has 5 heteroatoms. The van der Waals surface area contributed by atoms with Gasteiger partial charge in [-0.1, -0.05) is 36.4 Å². The molecule has 0 spiro atoms. The van der Waals surface area contributed by atoms with E-state index in [2.05, 4.69) is 124 Å². The number of hydrogen-bond donors (Lipinski definition) is 1. The third-order valence-electron chi connectivity index (χ3n) is 6.19. The molecule has 0 aliphatic carbocycles. The van der Waals surface area contributed by atoms with Crippen molar-refractivity contribution >= 4 is 40.9 Å². The number of aromatic nitrogens is 3. The van der Waals surface area contributed by atoms with Crippen LogP contribution in [0.1, 0.15) is 22.5 Å². The second kappa shape index (κ2) is 8.89. The fourth-order valence-corrected chi connectivity index (χ4v) is 4.14. The average Bonchev–Trinajstić information content (AvgIpc) is 3.44. The van der Waals surface area contributed by atoms with Gasteiger partial charge in [-0.25, -0.2) is 0 Å². The first-order valence-electron chi connectivity index (χ1n) is 11.1. The van der Waals surface area contributed by atoms with Crippen LogP contribution in [-0.4, -0.2) is 52.9 Å². The standard InChI is InChI=1S/C27H29N5/c1-30-15-17-32(18-16-30)26-11-6-21(7-12-26)4-9-24-20-25(29-28-24)10-5-22-3-8-23-13-14-31(2)27(23)19-22/h3-14,19-20H,15-18H2,1-2H3,(H,28,29)/b9-4+,10-5+. The van der Waals surface area contributed by atoms with Crippen molar-refractivity contribution in [3.63, 3.8) is 0 Å². The molecule has 4 aromatic rings. The van der Waals surface area contributed by atoms with E-state index in [1.807, 2.05) is 0 Å². The van der Waals surface area contributed by atoms with Gasteiger partial charge in [-0.2, -0.15) is 5.10 Å². The maximum absolute atomic E-state index is 4.42. The Morgan fingerprint density at radius 1 is 0.781 bits per heavy atom. The van der Waals surface area contributed by atoms with Gasteiger partial charge in [-0.15, -0.1) is 0 Å². The van der Waals surface area contributed by atoms with Crippen molar-refractivity contribution in [3.05, 3.63) is 83.3 Å². The fraction of sp³-hybridized carbons (Fsp3) is 0.222. The van der Waals surface area contributed by atoms with Crippen LogP contribution in [0.15, 0.2) is 60.8 Å². The second-order valence-electron chi connectivity index (χ2n) is 8.54. The zero-order valence-corrected chi connectivity index (χ0v) is 18.7. The molecule has 2 aromatic carbocycles. The lowest BCUT2D eigenvalue weighted by Crippen LogP contribution is -2.44. The summed E-state index contributed by atoms with van der Waals surface area (Å²) in [5.41, 5.74) is 6.80. The van der Waals surface area contributed by atoms with Crippen molar-refractivity contribution in [1.82, 2.24) is 19.7 Å². The lowest BCUT2D eigenvalue weighted by atomic mass is 10.1. The van der Waals surface area contributed by atoms with Crippen LogP contribution in [-0.2, 0) is 7.05 Å². The van der Waals surface area contributed by atoms with E-state index in [0.29, 0.717) is 0 Å². The number of nitrogens with zero attached hydrogens (tertiary/aromatic N) is 4. The average molecular weight is 424 g/mol. The Hall–Kier alpha value is -3.57. The third kappa shape index (κ3) is 4.53. The molecule has 1 saturated heterocycles. The van der Waals surface area contributed by atoms with E-state index in [-0.39, 0.29) is 0 Å². The van der Waals surface area contributed by atoms with Crippen LogP contribution in [0.2, 0.25) is 0 Å². The van der Waals surface area contributed by atoms with Gasteiger partial charge in [-0.3, -0.25) is 5.10 Å². The number of piperazine rings is 1. The molecule has 1 fully saturated rings. The summed E-state index contributed by atoms with van der Waals surface area (Å²) in [5, 5.41) is 8.78. The maximum atomic E-state index is 4.42. The summed E-state index contributed by atoms with van der Waals surface area (Å²) in [4.78, 5) is 4.83. The Morgan fingerprint density at radius 3 is 2.34 bits per heavy atom. The van der Waals surface area contributed by atoms with Crippen molar-refractivity contribution < 1.29 is 0 Å². The van der Waals surface area contributed by atoms with Crippen LogP contribution >= 0.6 is 0 Å². The minimum atomic E-state index is 0.922. The van der Waals surface area contributed by atoms with Crippen molar-refractivity contribution in [2.24, 2.45) is 7.05 Å². The summed E-state index contributed by atoms with van der Waals surface area (Å²) >= 11 is 0. The zero-order valence-electron chi connectivity index (χ0n) is 18.7. The van der Waals surface area contributed by atoms with Gasteiger partial charge >= 0.3 is 0 Å². The Balaban J connectivity index is 1.22. The normalized spacial score (nSPS) is 15.5. The van der Waals surface area contributed by atoms with E-state index in [9.17, 15) is 0 Å². The lowest BCUT2D eigenvalue weighted by Gasteiger charge is -2.34. The largest absolute Gasteiger partial charge is 0.369 e. The fourth-order valence-electron chi connectivity index (χ4n) is 4.14. The highest BCUT2D eigenvalue weighted by Crippen LogP contribution is 2.20. The molecule has 3 heterocycles. The van der Waals surface area contributed by atoms with Crippen LogP contribution in [0.5, 0.6) is 0 Å². The van der Waals surface area contributed by atoms with E-state index in [4.69, 9.17) is 0 Å². The summed E-state index contributed by atoms with van der Waals surface area (Å²) in [5.74, 6) is 0. The quantitative estimate of drug-likeness (QED) is 0.491. The van der Waals surface area contributed by atoms with Crippen LogP contribution < -0.4 is 4.90 Å². The van der Waals surface area contributed by atoms with E-state index >= 15 is 0 Å². The topological polar surface area (TPSA) is 40.1 Å². The van der Waals surface area contributed by atoms with Gasteiger partial charge in [0.15, 0.2) is 0 Å². The predicted molar refractivity (Wildman–Crippen MR) is 136 cm³/mol. The molecule has 32 heavy (non-hydrogen) atoms. The summed E-state index contributed by atoms with van der Waals surface area (Å²) in [6, 6.07) is 19.5. The molecule has 2 aromatic heterocycles. The minimum absolute atomic E-state index is 0.922. The smallest absolute Gasteiger partial charge is 0.0854 e. The molecule has 5 rings (SSSR count). The molecular weight excluding hydrogens is 394 g/mol. The molecule has 0 radical (unpaired) electrons. The molecule has 1 N–H and O–H groups in total. The molecule has 1 aliphatic heterocycles. The van der Waals surface area contributed by atoms with Crippen LogP contribution in [0.25, 0.3) is 35.2 Å². The summed E-state index contributed by atoms with van der Waals surface area (Å²) < 4.78 is 2.14. The van der Waals surface area contributed by atoms with Gasteiger partial charge in [0.1, 0.15) is 0 Å². The first-order valence-corrected chi connectivity index (χ1v) is 11.1. The molecular formula is C27H29N5. The molecule has 0 atom stereocenters. The number of likely N-dealkylation sites (N-methyl/N-ethyl adjacent to an activating group) is 1. The van der Waals surface area contributed by atoms with Crippen molar-refractivity contribution in [1.29, 1.82) is 0 Å². The minimum Gasteiger partial charge on any atom is -0.369 e. The van der Waals surface area contributed by atoms with Crippen molar-refractivity contribution in [2.75, 3.05) is 38.1 Å². The van der Waals surface area contributed by atoms with Gasteiger partial charge < -0.3 is 14.4 Å². The number of nitrogens with one attached hydrogen (secondary N) is 1. The third-order valence-corrected chi connectivity index (χ3v) is 6.19. The number of aryl methyl sites for hydroxylation is 1. The van der Waals surface area contributed by atoms with Gasteiger partial charge in [-0.05, 0) is 66.0 Å². The highest BCUT2D eigenvalue weighted by Gasteiger charge is 2.13. The number of anilines is 1. The second-order valence-corrected chi connectivity index (χ2v) is 8.54. The Labute approximate surface area is 189 Å². The highest BCUT2D eigenvalue weighted by molar-refractivity contribution is 5.84. The molecule has 0 bridgehead atoms. The molecule has 0 saturated carbocycles. The number of H-pyrrole nitrogens is 1. The molecule has 5 nitrogen and oxygen atoms in total. The van der Waals surface area contributed by atoms with E-state index in [0.717, 1.165) is 37.6 Å². The monoisotopic (exact) mass is 423 g/mol. The van der Waals surface area contributed by atoms with E-state index in [1.165, 1.54) is 27.7 Å². The maximum Gasteiger partial charge on any atom is 0.0854 e. The first-order chi connectivity index (χ1) is 15.6. The number of fused-ring (bicyclic) bond motifs is 1. The van der Waals surface area contributed by atoms with Crippen molar-refractivity contribution in [3.8, 4) is 0 Å². The predicted octanol–water partition coefficient (Wildman–Crippen LogP) is 4.99. The SMILES string of the molecule is CN1CCN(c2ccc(/C=C/c3cc(/C=C/c4ccc5ccn(C)c5c4)[nH]n3)cc2)CC1. The van der Waals surface area contributed by atoms with Crippen LogP contribution in [0, 0.1) is 0 Å². The number of hydrogen-bond acceptors (Lipinski definition) is 3. The van der Waals surface area contributed by atoms with E-state index in [1.54, 1.807) is 0 Å². The molecule has 0 unspecified atom stereocenters. The van der Waals surface area contributed by atoms with E-state index < -0.39 is 0 Å². The Bertz CT molecular complexity index is 1250. The summed E-state index contributed by atoms with van der Waals surface area (Å²) in [7, 11) is 4.26. The van der Waals surface area contributed by atoms with Gasteiger partial charge in [0.25, 0.3) is 0 Å². The first kappa shape index (κ1) is 20.3. The van der Waals surface area contributed by atoms with Gasteiger partial charge in [0.2, 0.25) is 0 Å². The Kier molecular flexibility index (Phi) is 5.65. The zero-order chi connectivity index (χ0) is 21.9. The molecule has 162 valence electrons. The highest BCUT2D eigenvalue weighted by atomic mass is 15.2.